The van der Waals surface area contributed by atoms with E-state index in [1.807, 2.05) is 18.0 Å². The van der Waals surface area contributed by atoms with Crippen LogP contribution in [-0.4, -0.2) is 41.6 Å². The summed E-state index contributed by atoms with van der Waals surface area (Å²) in [5.74, 6) is 0.872. The minimum Gasteiger partial charge on any atom is -0.377 e. The first-order chi connectivity index (χ1) is 9.24. The van der Waals surface area contributed by atoms with Crippen molar-refractivity contribution in [3.8, 4) is 0 Å². The van der Waals surface area contributed by atoms with E-state index < -0.39 is 0 Å². The molecule has 1 aromatic rings. The summed E-state index contributed by atoms with van der Waals surface area (Å²) in [5, 5.41) is 0.932. The Labute approximate surface area is 117 Å². The molecule has 104 valence electrons. The standard InChI is InChI=1S/C14H20N2O2S/c1-10-8-15-13(19-10)7-14(17)16-5-6-18-9-12(16)11-3-2-4-11/h8,11-12H,2-7,9H2,1H3. The van der Waals surface area contributed by atoms with Gasteiger partial charge in [-0.15, -0.1) is 11.3 Å². The summed E-state index contributed by atoms with van der Waals surface area (Å²) in [4.78, 5) is 20.0. The van der Waals surface area contributed by atoms with Gasteiger partial charge in [0.25, 0.3) is 0 Å². The van der Waals surface area contributed by atoms with Crippen LogP contribution in [0.3, 0.4) is 0 Å². The van der Waals surface area contributed by atoms with Crippen molar-refractivity contribution in [1.82, 2.24) is 9.88 Å². The van der Waals surface area contributed by atoms with Crippen molar-refractivity contribution in [2.24, 2.45) is 5.92 Å². The minimum atomic E-state index is 0.217. The predicted molar refractivity (Wildman–Crippen MR) is 74.2 cm³/mol. The molecule has 1 saturated heterocycles. The van der Waals surface area contributed by atoms with Crippen LogP contribution >= 0.6 is 11.3 Å². The van der Waals surface area contributed by atoms with Gasteiger partial charge in [-0.1, -0.05) is 6.42 Å². The van der Waals surface area contributed by atoms with Gasteiger partial charge in [-0.2, -0.15) is 0 Å². The maximum atomic E-state index is 12.5. The fourth-order valence-corrected chi connectivity index (χ4v) is 3.64. The molecular weight excluding hydrogens is 260 g/mol. The van der Waals surface area contributed by atoms with E-state index in [1.165, 1.54) is 24.1 Å². The lowest BCUT2D eigenvalue weighted by Crippen LogP contribution is -2.53. The van der Waals surface area contributed by atoms with Crippen LogP contribution in [0.15, 0.2) is 6.20 Å². The van der Waals surface area contributed by atoms with Crippen LogP contribution in [0, 0.1) is 12.8 Å². The van der Waals surface area contributed by atoms with Crippen LogP contribution in [0.25, 0.3) is 0 Å². The monoisotopic (exact) mass is 280 g/mol. The van der Waals surface area contributed by atoms with E-state index in [1.54, 1.807) is 11.3 Å². The van der Waals surface area contributed by atoms with Gasteiger partial charge in [0, 0.05) is 17.6 Å². The Morgan fingerprint density at radius 3 is 3.05 bits per heavy atom. The highest BCUT2D eigenvalue weighted by atomic mass is 32.1. The third-order valence-corrected chi connectivity index (χ3v) is 5.06. The Kier molecular flexibility index (Phi) is 3.84. The molecule has 1 saturated carbocycles. The van der Waals surface area contributed by atoms with Gasteiger partial charge in [0.05, 0.1) is 25.7 Å². The maximum Gasteiger partial charge on any atom is 0.229 e. The number of carbonyl (C=O) groups excluding carboxylic acids is 1. The molecule has 2 aliphatic rings. The molecule has 0 N–H and O–H groups in total. The normalized spacial score (nSPS) is 24.3. The van der Waals surface area contributed by atoms with Gasteiger partial charge >= 0.3 is 0 Å². The van der Waals surface area contributed by atoms with Crippen LogP contribution in [0.5, 0.6) is 0 Å². The molecule has 2 heterocycles. The van der Waals surface area contributed by atoms with Crippen molar-refractivity contribution < 1.29 is 9.53 Å². The number of hydrogen-bond donors (Lipinski definition) is 0. The first-order valence-electron chi connectivity index (χ1n) is 7.02. The second-order valence-corrected chi connectivity index (χ2v) is 6.78. The number of aromatic nitrogens is 1. The van der Waals surface area contributed by atoms with Gasteiger partial charge < -0.3 is 9.64 Å². The molecule has 1 atom stereocenters. The van der Waals surface area contributed by atoms with Crippen molar-refractivity contribution in [2.45, 2.75) is 38.6 Å². The number of amides is 1. The van der Waals surface area contributed by atoms with Crippen LogP contribution in [0.2, 0.25) is 0 Å². The van der Waals surface area contributed by atoms with Crippen LogP contribution in [0.1, 0.15) is 29.1 Å². The molecular formula is C14H20N2O2S. The first kappa shape index (κ1) is 13.1. The van der Waals surface area contributed by atoms with E-state index in [4.69, 9.17) is 4.74 Å². The Balaban J connectivity index is 1.66. The molecule has 3 rings (SSSR count). The third kappa shape index (κ3) is 2.82. The quantitative estimate of drug-likeness (QED) is 0.850. The summed E-state index contributed by atoms with van der Waals surface area (Å²) in [7, 11) is 0. The maximum absolute atomic E-state index is 12.5. The zero-order chi connectivity index (χ0) is 13.2. The summed E-state index contributed by atoms with van der Waals surface area (Å²) in [6.45, 7) is 4.15. The highest BCUT2D eigenvalue weighted by Crippen LogP contribution is 2.33. The van der Waals surface area contributed by atoms with Crippen LogP contribution in [-0.2, 0) is 16.0 Å². The number of nitrogens with zero attached hydrogens (tertiary/aromatic N) is 2. The molecule has 1 aliphatic heterocycles. The van der Waals surface area contributed by atoms with Crippen molar-refractivity contribution in [1.29, 1.82) is 0 Å². The molecule has 1 aliphatic carbocycles. The Morgan fingerprint density at radius 1 is 1.58 bits per heavy atom. The molecule has 0 aromatic carbocycles. The Bertz CT molecular complexity index is 456. The largest absolute Gasteiger partial charge is 0.377 e. The van der Waals surface area contributed by atoms with Crippen LogP contribution in [0.4, 0.5) is 0 Å². The van der Waals surface area contributed by atoms with Gasteiger partial charge in [-0.05, 0) is 25.7 Å². The van der Waals surface area contributed by atoms with E-state index in [-0.39, 0.29) is 5.91 Å². The SMILES string of the molecule is Cc1cnc(CC(=O)N2CCOCC2C2CCC2)s1. The molecule has 5 heteroatoms. The van der Waals surface area contributed by atoms with E-state index in [9.17, 15) is 4.79 Å². The summed E-state index contributed by atoms with van der Waals surface area (Å²) in [6, 6.07) is 0.302. The molecule has 2 fully saturated rings. The van der Waals surface area contributed by atoms with Crippen molar-refractivity contribution >= 4 is 17.2 Å². The molecule has 0 radical (unpaired) electrons. The molecule has 1 unspecified atom stereocenters. The van der Waals surface area contributed by atoms with E-state index in [0.29, 0.717) is 31.6 Å². The van der Waals surface area contributed by atoms with E-state index >= 15 is 0 Å². The Morgan fingerprint density at radius 2 is 2.42 bits per heavy atom. The molecule has 1 amide bonds. The second-order valence-electron chi connectivity index (χ2n) is 5.46. The summed E-state index contributed by atoms with van der Waals surface area (Å²) in [5.41, 5.74) is 0. The molecule has 0 spiro atoms. The topological polar surface area (TPSA) is 42.4 Å². The van der Waals surface area contributed by atoms with Crippen molar-refractivity contribution in [3.05, 3.63) is 16.1 Å². The third-order valence-electron chi connectivity index (χ3n) is 4.15. The van der Waals surface area contributed by atoms with Gasteiger partial charge in [0.2, 0.25) is 5.91 Å². The highest BCUT2D eigenvalue weighted by molar-refractivity contribution is 7.11. The van der Waals surface area contributed by atoms with Crippen molar-refractivity contribution in [3.63, 3.8) is 0 Å². The Hall–Kier alpha value is -0.940. The zero-order valence-electron chi connectivity index (χ0n) is 11.3. The first-order valence-corrected chi connectivity index (χ1v) is 7.84. The average molecular weight is 280 g/mol. The highest BCUT2D eigenvalue weighted by Gasteiger charge is 2.36. The summed E-state index contributed by atoms with van der Waals surface area (Å²) in [6.07, 6.45) is 6.08. The zero-order valence-corrected chi connectivity index (χ0v) is 12.1. The number of ether oxygens (including phenoxy) is 1. The number of aryl methyl sites for hydroxylation is 1. The van der Waals surface area contributed by atoms with Gasteiger partial charge in [-0.3, -0.25) is 4.79 Å². The lowest BCUT2D eigenvalue weighted by Gasteiger charge is -2.43. The van der Waals surface area contributed by atoms with E-state index in [0.717, 1.165) is 11.6 Å². The lowest BCUT2D eigenvalue weighted by molar-refractivity contribution is -0.143. The van der Waals surface area contributed by atoms with Gasteiger partial charge in [0.15, 0.2) is 0 Å². The molecule has 0 bridgehead atoms. The average Bonchev–Trinajstić information content (AvgIpc) is 2.73. The summed E-state index contributed by atoms with van der Waals surface area (Å²) >= 11 is 1.62. The number of morpholine rings is 1. The molecule has 4 nitrogen and oxygen atoms in total. The smallest absolute Gasteiger partial charge is 0.229 e. The molecule has 19 heavy (non-hydrogen) atoms. The van der Waals surface area contributed by atoms with E-state index in [2.05, 4.69) is 4.98 Å². The van der Waals surface area contributed by atoms with Gasteiger partial charge in [0.1, 0.15) is 5.01 Å². The van der Waals surface area contributed by atoms with Gasteiger partial charge in [-0.25, -0.2) is 4.98 Å². The predicted octanol–water partition coefficient (Wildman–Crippen LogP) is 2.02. The summed E-state index contributed by atoms with van der Waals surface area (Å²) < 4.78 is 5.57. The van der Waals surface area contributed by atoms with Crippen molar-refractivity contribution in [2.75, 3.05) is 19.8 Å². The molecule has 1 aromatic heterocycles. The number of rotatable bonds is 3. The lowest BCUT2D eigenvalue weighted by atomic mass is 9.79. The fourth-order valence-electron chi connectivity index (χ4n) is 2.86. The second kappa shape index (κ2) is 5.59. The minimum absolute atomic E-state index is 0.217. The fraction of sp³-hybridized carbons (Fsp3) is 0.714. The van der Waals surface area contributed by atoms with Crippen LogP contribution < -0.4 is 0 Å². The number of carbonyl (C=O) groups is 1. The number of hydrogen-bond acceptors (Lipinski definition) is 4. The number of thiazole rings is 1.